The maximum Gasteiger partial charge on any atom is 0.0238 e. The van der Waals surface area contributed by atoms with Gasteiger partial charge in [-0.05, 0) is 39.8 Å². The van der Waals surface area contributed by atoms with Gasteiger partial charge in [-0.15, -0.1) is 0 Å². The van der Waals surface area contributed by atoms with E-state index >= 15 is 0 Å². The van der Waals surface area contributed by atoms with E-state index in [-0.39, 0.29) is 5.54 Å². The van der Waals surface area contributed by atoms with E-state index in [2.05, 4.69) is 63.8 Å². The summed E-state index contributed by atoms with van der Waals surface area (Å²) in [5.41, 5.74) is 3.00. The lowest BCUT2D eigenvalue weighted by Gasteiger charge is -2.34. The molecule has 0 radical (unpaired) electrons. The molecule has 1 rings (SSSR count). The minimum Gasteiger partial charge on any atom is -0.295 e. The lowest BCUT2D eigenvalue weighted by molar-refractivity contribution is 0.136. The molecule has 0 bridgehead atoms. The third kappa shape index (κ3) is 3.67. The first-order chi connectivity index (χ1) is 6.93. The van der Waals surface area contributed by atoms with Gasteiger partial charge >= 0.3 is 0 Å². The molecule has 1 aromatic carbocycles. The van der Waals surface area contributed by atoms with E-state index in [9.17, 15) is 0 Å². The summed E-state index contributed by atoms with van der Waals surface area (Å²) in [7, 11) is 0. The lowest BCUT2D eigenvalue weighted by atomic mass is 10.0. The van der Waals surface area contributed by atoms with Crippen LogP contribution in [-0.2, 0) is 6.54 Å². The molecule has 1 nitrogen and oxygen atoms in total. The van der Waals surface area contributed by atoms with Crippen LogP contribution < -0.4 is 0 Å². The molecule has 0 fully saturated rings. The van der Waals surface area contributed by atoms with Gasteiger partial charge in [-0.3, -0.25) is 4.90 Å². The fraction of sp³-hybridized carbons (Fsp3) is 0.571. The molecule has 1 heteroatoms. The minimum absolute atomic E-state index is 0.249. The number of rotatable bonds is 3. The van der Waals surface area contributed by atoms with E-state index in [0.717, 1.165) is 13.1 Å². The molecule has 0 aliphatic carbocycles. The number of benzene rings is 1. The van der Waals surface area contributed by atoms with Crippen molar-refractivity contribution in [1.82, 2.24) is 4.90 Å². The van der Waals surface area contributed by atoms with Crippen LogP contribution in [-0.4, -0.2) is 17.0 Å². The van der Waals surface area contributed by atoms with Crippen molar-refractivity contribution < 1.29 is 0 Å². The Morgan fingerprint density at radius 2 is 1.87 bits per heavy atom. The van der Waals surface area contributed by atoms with Crippen molar-refractivity contribution in [2.45, 2.75) is 46.7 Å². The molecule has 0 unspecified atom stereocenters. The molecule has 0 saturated heterocycles. The molecule has 0 spiro atoms. The monoisotopic (exact) mass is 205 g/mol. The van der Waals surface area contributed by atoms with Gasteiger partial charge in [0.15, 0.2) is 0 Å². The Morgan fingerprint density at radius 3 is 2.33 bits per heavy atom. The molecule has 0 amide bonds. The minimum atomic E-state index is 0.249. The molecule has 1 aromatic rings. The lowest BCUT2D eigenvalue weighted by Crippen LogP contribution is -2.40. The van der Waals surface area contributed by atoms with Crippen molar-refractivity contribution in [1.29, 1.82) is 0 Å². The van der Waals surface area contributed by atoms with Gasteiger partial charge in [-0.25, -0.2) is 0 Å². The second-order valence-electron chi connectivity index (χ2n) is 5.17. The third-order valence-corrected chi connectivity index (χ3v) is 2.79. The van der Waals surface area contributed by atoms with Crippen molar-refractivity contribution in [2.75, 3.05) is 6.54 Å². The first kappa shape index (κ1) is 12.3. The van der Waals surface area contributed by atoms with Gasteiger partial charge in [0.25, 0.3) is 0 Å². The summed E-state index contributed by atoms with van der Waals surface area (Å²) in [5, 5.41) is 0. The van der Waals surface area contributed by atoms with E-state index < -0.39 is 0 Å². The predicted octanol–water partition coefficient (Wildman–Crippen LogP) is 3.62. The van der Waals surface area contributed by atoms with Crippen LogP contribution in [0.2, 0.25) is 0 Å². The molecule has 0 saturated carbocycles. The van der Waals surface area contributed by atoms with Gasteiger partial charge in [0, 0.05) is 12.1 Å². The zero-order valence-corrected chi connectivity index (χ0v) is 10.7. The maximum absolute atomic E-state index is 2.49. The molecule has 15 heavy (non-hydrogen) atoms. The quantitative estimate of drug-likeness (QED) is 0.728. The van der Waals surface area contributed by atoms with Crippen LogP contribution in [0.25, 0.3) is 0 Å². The molecule has 0 aliphatic rings. The van der Waals surface area contributed by atoms with Gasteiger partial charge in [-0.2, -0.15) is 0 Å². The summed E-state index contributed by atoms with van der Waals surface area (Å²) >= 11 is 0. The molecule has 0 N–H and O–H groups in total. The summed E-state index contributed by atoms with van der Waals surface area (Å²) in [5.74, 6) is 0. The van der Waals surface area contributed by atoms with Gasteiger partial charge in [0.05, 0.1) is 0 Å². The van der Waals surface area contributed by atoms with E-state index in [1.54, 1.807) is 0 Å². The molecule has 84 valence electrons. The molecular weight excluding hydrogens is 182 g/mol. The highest BCUT2D eigenvalue weighted by Crippen LogP contribution is 2.17. The van der Waals surface area contributed by atoms with Crippen molar-refractivity contribution in [3.05, 3.63) is 35.4 Å². The number of hydrogen-bond donors (Lipinski definition) is 0. The summed E-state index contributed by atoms with van der Waals surface area (Å²) in [4.78, 5) is 2.49. The van der Waals surface area contributed by atoms with Gasteiger partial charge in [-0.1, -0.05) is 36.8 Å². The second-order valence-corrected chi connectivity index (χ2v) is 5.17. The summed E-state index contributed by atoms with van der Waals surface area (Å²) < 4.78 is 0. The zero-order valence-electron chi connectivity index (χ0n) is 10.7. The van der Waals surface area contributed by atoms with Crippen LogP contribution in [0, 0.1) is 6.92 Å². The third-order valence-electron chi connectivity index (χ3n) is 2.79. The smallest absolute Gasteiger partial charge is 0.0238 e. The van der Waals surface area contributed by atoms with Crippen LogP contribution in [0.1, 0.15) is 38.8 Å². The summed E-state index contributed by atoms with van der Waals surface area (Å²) in [6.45, 7) is 13.3. The fourth-order valence-electron chi connectivity index (χ4n) is 1.85. The number of nitrogens with zero attached hydrogens (tertiary/aromatic N) is 1. The highest BCUT2D eigenvalue weighted by atomic mass is 15.2. The molecule has 0 aliphatic heterocycles. The average Bonchev–Trinajstić information content (AvgIpc) is 2.12. The average molecular weight is 205 g/mol. The largest absolute Gasteiger partial charge is 0.295 e. The Hall–Kier alpha value is -0.820. The van der Waals surface area contributed by atoms with Gasteiger partial charge in [0.2, 0.25) is 0 Å². The van der Waals surface area contributed by atoms with E-state index in [1.807, 2.05) is 0 Å². The standard InChI is InChI=1S/C14H23N/c1-6-15(14(3,4)5)11-13-9-7-8-12(2)10-13/h7-10H,6,11H2,1-5H3. The fourth-order valence-corrected chi connectivity index (χ4v) is 1.85. The van der Waals surface area contributed by atoms with E-state index in [0.29, 0.717) is 0 Å². The van der Waals surface area contributed by atoms with Crippen molar-refractivity contribution in [3.63, 3.8) is 0 Å². The van der Waals surface area contributed by atoms with Crippen LogP contribution in [0.3, 0.4) is 0 Å². The van der Waals surface area contributed by atoms with Crippen LogP contribution in [0.15, 0.2) is 24.3 Å². The van der Waals surface area contributed by atoms with E-state index in [4.69, 9.17) is 0 Å². The Kier molecular flexibility index (Phi) is 3.92. The summed E-state index contributed by atoms with van der Waals surface area (Å²) in [6.07, 6.45) is 0. The first-order valence-corrected chi connectivity index (χ1v) is 5.74. The number of aryl methyl sites for hydroxylation is 1. The molecule has 0 atom stereocenters. The van der Waals surface area contributed by atoms with Crippen LogP contribution in [0.5, 0.6) is 0 Å². The molecule has 0 aromatic heterocycles. The zero-order chi connectivity index (χ0) is 11.5. The van der Waals surface area contributed by atoms with Gasteiger partial charge < -0.3 is 0 Å². The Morgan fingerprint density at radius 1 is 1.20 bits per heavy atom. The van der Waals surface area contributed by atoms with Crippen molar-refractivity contribution >= 4 is 0 Å². The Bertz CT molecular complexity index is 309. The number of hydrogen-bond acceptors (Lipinski definition) is 1. The highest BCUT2D eigenvalue weighted by molar-refractivity contribution is 5.22. The first-order valence-electron chi connectivity index (χ1n) is 5.74. The van der Waals surface area contributed by atoms with Crippen molar-refractivity contribution in [2.24, 2.45) is 0 Å². The SMILES string of the molecule is CCN(Cc1cccc(C)c1)C(C)(C)C. The Labute approximate surface area is 94.1 Å². The predicted molar refractivity (Wildman–Crippen MR) is 67.0 cm³/mol. The second kappa shape index (κ2) is 4.80. The molecule has 0 heterocycles. The normalized spacial score (nSPS) is 12.1. The summed E-state index contributed by atoms with van der Waals surface area (Å²) in [6, 6.07) is 8.77. The molecular formula is C14H23N. The highest BCUT2D eigenvalue weighted by Gasteiger charge is 2.19. The van der Waals surface area contributed by atoms with Gasteiger partial charge in [0.1, 0.15) is 0 Å². The van der Waals surface area contributed by atoms with Crippen molar-refractivity contribution in [3.8, 4) is 0 Å². The van der Waals surface area contributed by atoms with Crippen LogP contribution in [0.4, 0.5) is 0 Å². The Balaban J connectivity index is 2.76. The van der Waals surface area contributed by atoms with E-state index in [1.165, 1.54) is 11.1 Å². The van der Waals surface area contributed by atoms with Crippen LogP contribution >= 0.6 is 0 Å². The topological polar surface area (TPSA) is 3.24 Å². The maximum atomic E-state index is 2.49.